The topological polar surface area (TPSA) is 79.0 Å². The lowest BCUT2D eigenvalue weighted by Crippen LogP contribution is -2.03. The summed E-state index contributed by atoms with van der Waals surface area (Å²) in [6.07, 6.45) is 0. The normalized spacial score (nSPS) is 9.95. The highest BCUT2D eigenvalue weighted by Crippen LogP contribution is 2.27. The molecule has 0 aromatic heterocycles. The number of nitriles is 1. The number of halogens is 2. The molecule has 0 heterocycles. The molecule has 2 rings (SSSR count). The molecule has 1 N–H and O–H groups in total. The summed E-state index contributed by atoms with van der Waals surface area (Å²) in [7, 11) is 0. The van der Waals surface area contributed by atoms with Crippen LogP contribution in [0.1, 0.15) is 11.1 Å². The van der Waals surface area contributed by atoms with Gasteiger partial charge in [0.15, 0.2) is 0 Å². The number of nitro groups is 1. The predicted octanol–water partition coefficient (Wildman–Crippen LogP) is 4.60. The van der Waals surface area contributed by atoms with Gasteiger partial charge in [0.2, 0.25) is 0 Å². The number of nitrogens with zero attached hydrogens (tertiary/aromatic N) is 2. The largest absolute Gasteiger partial charge is 0.380 e. The summed E-state index contributed by atoms with van der Waals surface area (Å²) in [5.41, 5.74) is 1.95. The Balaban J connectivity index is 2.22. The molecule has 0 atom stereocenters. The molecule has 0 fully saturated rings. The Morgan fingerprint density at radius 3 is 2.62 bits per heavy atom. The van der Waals surface area contributed by atoms with E-state index in [2.05, 4.69) is 37.2 Å². The van der Waals surface area contributed by atoms with Gasteiger partial charge in [0.25, 0.3) is 5.69 Å². The van der Waals surface area contributed by atoms with Gasteiger partial charge < -0.3 is 5.32 Å². The maximum atomic E-state index is 11.0. The highest BCUT2D eigenvalue weighted by atomic mass is 79.9. The summed E-state index contributed by atoms with van der Waals surface area (Å²) in [6.45, 7) is 0.306. The van der Waals surface area contributed by atoms with E-state index in [0.29, 0.717) is 17.7 Å². The first kappa shape index (κ1) is 15.5. The maximum absolute atomic E-state index is 11.0. The number of hydrogen-bond acceptors (Lipinski definition) is 4. The molecule has 0 radical (unpaired) electrons. The van der Waals surface area contributed by atoms with Gasteiger partial charge in [-0.25, -0.2) is 0 Å². The van der Waals surface area contributed by atoms with Crippen molar-refractivity contribution in [2.24, 2.45) is 0 Å². The molecule has 0 saturated carbocycles. The molecule has 5 nitrogen and oxygen atoms in total. The minimum atomic E-state index is -0.405. The van der Waals surface area contributed by atoms with Crippen molar-refractivity contribution in [1.29, 1.82) is 5.26 Å². The van der Waals surface area contributed by atoms with Gasteiger partial charge >= 0.3 is 0 Å². The van der Waals surface area contributed by atoms with Gasteiger partial charge in [0, 0.05) is 32.8 Å². The van der Waals surface area contributed by atoms with Crippen LogP contribution in [0.4, 0.5) is 11.4 Å². The Bertz CT molecular complexity index is 741. The Morgan fingerprint density at radius 1 is 1.24 bits per heavy atom. The number of nitrogens with one attached hydrogen (secondary N) is 1. The molecule has 106 valence electrons. The second-order valence-electron chi connectivity index (χ2n) is 4.19. The molecule has 0 aliphatic rings. The molecule has 0 bridgehead atoms. The predicted molar refractivity (Wildman–Crippen MR) is 87.0 cm³/mol. The van der Waals surface area contributed by atoms with E-state index in [9.17, 15) is 10.1 Å². The molecule has 7 heteroatoms. The zero-order valence-electron chi connectivity index (χ0n) is 10.6. The van der Waals surface area contributed by atoms with Crippen molar-refractivity contribution in [2.45, 2.75) is 6.54 Å². The van der Waals surface area contributed by atoms with Crippen molar-refractivity contribution in [3.63, 3.8) is 0 Å². The van der Waals surface area contributed by atoms with Crippen molar-refractivity contribution in [1.82, 2.24) is 0 Å². The van der Waals surface area contributed by atoms with Crippen molar-refractivity contribution in [2.75, 3.05) is 5.32 Å². The maximum Gasteiger partial charge on any atom is 0.274 e. The minimum absolute atomic E-state index is 0.0652. The first-order chi connectivity index (χ1) is 10.0. The van der Waals surface area contributed by atoms with E-state index in [1.54, 1.807) is 30.3 Å². The van der Waals surface area contributed by atoms with Crippen molar-refractivity contribution >= 4 is 43.2 Å². The molecule has 0 amide bonds. The number of nitro benzene ring substituents is 1. The zero-order valence-corrected chi connectivity index (χ0v) is 13.8. The van der Waals surface area contributed by atoms with Crippen molar-refractivity contribution < 1.29 is 4.92 Å². The third-order valence-electron chi connectivity index (χ3n) is 2.81. The van der Waals surface area contributed by atoms with Gasteiger partial charge in [0.05, 0.1) is 16.6 Å². The van der Waals surface area contributed by atoms with Crippen LogP contribution in [-0.4, -0.2) is 4.92 Å². The molecular formula is C14H9Br2N3O2. The number of benzene rings is 2. The van der Waals surface area contributed by atoms with Gasteiger partial charge in [-0.3, -0.25) is 10.1 Å². The van der Waals surface area contributed by atoms with Crippen LogP contribution in [0, 0.1) is 21.4 Å². The summed E-state index contributed by atoms with van der Waals surface area (Å²) in [6, 6.07) is 12.0. The highest BCUT2D eigenvalue weighted by Gasteiger charge is 2.13. The standard InChI is InChI=1S/C14H9Br2N3O2/c15-11-2-4-14(19(20)21)10(6-11)8-18-13-3-1-9(7-17)5-12(13)16/h1-6,18H,8H2. The third kappa shape index (κ3) is 3.80. The monoisotopic (exact) mass is 409 g/mol. The summed E-state index contributed by atoms with van der Waals surface area (Å²) in [5, 5.41) is 23.0. The molecule has 0 aliphatic heterocycles. The van der Waals surface area contributed by atoms with Crippen LogP contribution in [0.2, 0.25) is 0 Å². The van der Waals surface area contributed by atoms with Gasteiger partial charge in [-0.15, -0.1) is 0 Å². The van der Waals surface area contributed by atoms with Gasteiger partial charge in [-0.2, -0.15) is 5.26 Å². The van der Waals surface area contributed by atoms with Gasteiger partial charge in [0.1, 0.15) is 0 Å². The van der Waals surface area contributed by atoms with Gasteiger partial charge in [-0.1, -0.05) is 15.9 Å². The quantitative estimate of drug-likeness (QED) is 0.589. The molecule has 21 heavy (non-hydrogen) atoms. The van der Waals surface area contributed by atoms with E-state index in [0.717, 1.165) is 14.6 Å². The van der Waals surface area contributed by atoms with Crippen LogP contribution < -0.4 is 5.32 Å². The Hall–Kier alpha value is -1.91. The fraction of sp³-hybridized carbons (Fsp3) is 0.0714. The van der Waals surface area contributed by atoms with E-state index in [1.165, 1.54) is 6.07 Å². The summed E-state index contributed by atoms with van der Waals surface area (Å²) in [4.78, 5) is 10.6. The molecule has 0 saturated heterocycles. The van der Waals surface area contributed by atoms with Crippen LogP contribution >= 0.6 is 31.9 Å². The first-order valence-corrected chi connectivity index (χ1v) is 7.46. The number of anilines is 1. The van der Waals surface area contributed by atoms with Gasteiger partial charge in [-0.05, 0) is 46.3 Å². The fourth-order valence-corrected chi connectivity index (χ4v) is 2.72. The van der Waals surface area contributed by atoms with Crippen LogP contribution in [0.5, 0.6) is 0 Å². The highest BCUT2D eigenvalue weighted by molar-refractivity contribution is 9.10. The average Bonchev–Trinajstić information content (AvgIpc) is 2.45. The lowest BCUT2D eigenvalue weighted by molar-refractivity contribution is -0.385. The Morgan fingerprint density at radius 2 is 2.00 bits per heavy atom. The molecule has 2 aromatic rings. The summed E-state index contributed by atoms with van der Waals surface area (Å²) >= 11 is 6.68. The van der Waals surface area contributed by atoms with E-state index in [1.807, 2.05) is 6.07 Å². The molecular weight excluding hydrogens is 402 g/mol. The average molecular weight is 411 g/mol. The first-order valence-electron chi connectivity index (χ1n) is 5.87. The minimum Gasteiger partial charge on any atom is -0.380 e. The number of rotatable bonds is 4. The molecule has 0 spiro atoms. The fourth-order valence-electron chi connectivity index (χ4n) is 1.79. The Labute approximate surface area is 138 Å². The molecule has 2 aromatic carbocycles. The van der Waals surface area contributed by atoms with E-state index < -0.39 is 4.92 Å². The van der Waals surface area contributed by atoms with Crippen LogP contribution in [0.25, 0.3) is 0 Å². The lowest BCUT2D eigenvalue weighted by atomic mass is 10.1. The van der Waals surface area contributed by atoms with E-state index >= 15 is 0 Å². The summed E-state index contributed by atoms with van der Waals surface area (Å²) < 4.78 is 1.52. The van der Waals surface area contributed by atoms with Crippen molar-refractivity contribution in [3.05, 3.63) is 66.6 Å². The Kier molecular flexibility index (Phi) is 4.94. The SMILES string of the molecule is N#Cc1ccc(NCc2cc(Br)ccc2[N+](=O)[O-])c(Br)c1. The smallest absolute Gasteiger partial charge is 0.274 e. The van der Waals surface area contributed by atoms with Crippen LogP contribution in [0.3, 0.4) is 0 Å². The second-order valence-corrected chi connectivity index (χ2v) is 5.96. The summed E-state index contributed by atoms with van der Waals surface area (Å²) in [5.74, 6) is 0. The van der Waals surface area contributed by atoms with Crippen LogP contribution in [-0.2, 0) is 6.54 Å². The zero-order chi connectivity index (χ0) is 15.4. The third-order valence-corrected chi connectivity index (χ3v) is 3.96. The lowest BCUT2D eigenvalue weighted by Gasteiger charge is -2.09. The van der Waals surface area contributed by atoms with E-state index in [4.69, 9.17) is 5.26 Å². The van der Waals surface area contributed by atoms with Crippen LogP contribution in [0.15, 0.2) is 45.3 Å². The molecule has 0 unspecified atom stereocenters. The van der Waals surface area contributed by atoms with E-state index in [-0.39, 0.29) is 5.69 Å². The van der Waals surface area contributed by atoms with Crippen molar-refractivity contribution in [3.8, 4) is 6.07 Å². The second kappa shape index (κ2) is 6.70. The molecule has 0 aliphatic carbocycles. The number of hydrogen-bond donors (Lipinski definition) is 1.